The summed E-state index contributed by atoms with van der Waals surface area (Å²) in [4.78, 5) is 16.0. The quantitative estimate of drug-likeness (QED) is 0.700. The fourth-order valence-electron chi connectivity index (χ4n) is 1.99. The molecule has 1 aliphatic carbocycles. The number of hydrogen-bond acceptors (Lipinski definition) is 3. The Bertz CT molecular complexity index is 236. The number of hydrogen-bond donors (Lipinski definition) is 1. The predicted octanol–water partition coefficient (Wildman–Crippen LogP) is -0.242. The molecule has 2 atom stereocenters. The van der Waals surface area contributed by atoms with Gasteiger partial charge in [0.1, 0.15) is 0 Å². The molecule has 0 spiro atoms. The zero-order chi connectivity index (χ0) is 10.8. The zero-order valence-corrected chi connectivity index (χ0v) is 9.70. The molecule has 2 rings (SSSR count). The molecule has 1 heterocycles. The van der Waals surface area contributed by atoms with Crippen molar-refractivity contribution in [3.63, 3.8) is 0 Å². The van der Waals surface area contributed by atoms with Crippen molar-refractivity contribution in [2.24, 2.45) is 5.92 Å². The number of nitrogens with one attached hydrogen (secondary N) is 1. The molecule has 4 heteroatoms. The summed E-state index contributed by atoms with van der Waals surface area (Å²) >= 11 is 0. The number of carbonyl (C=O) groups is 1. The molecule has 1 saturated heterocycles. The van der Waals surface area contributed by atoms with E-state index in [1.807, 2.05) is 4.90 Å². The maximum absolute atomic E-state index is 11.8. The Morgan fingerprint density at radius 1 is 1.33 bits per heavy atom. The maximum Gasteiger partial charge on any atom is 0.236 e. The highest BCUT2D eigenvalue weighted by atomic mass is 16.2. The van der Waals surface area contributed by atoms with Gasteiger partial charge in [0.15, 0.2) is 0 Å². The Balaban J connectivity index is 1.66. The highest BCUT2D eigenvalue weighted by Gasteiger charge is 2.32. The number of piperazine rings is 1. The monoisotopic (exact) mass is 211 g/mol. The zero-order valence-electron chi connectivity index (χ0n) is 9.70. The first-order valence-electron chi connectivity index (χ1n) is 5.86. The summed E-state index contributed by atoms with van der Waals surface area (Å²) in [5, 5.41) is 3.31. The number of rotatable bonds is 3. The molecule has 0 aromatic rings. The minimum atomic E-state index is 0.266. The molecular formula is C11H21N3O. The van der Waals surface area contributed by atoms with Crippen LogP contribution in [0.25, 0.3) is 0 Å². The average Bonchev–Trinajstić information content (AvgIpc) is 2.92. The Kier molecular flexibility index (Phi) is 3.26. The fraction of sp³-hybridized carbons (Fsp3) is 0.909. The van der Waals surface area contributed by atoms with E-state index in [9.17, 15) is 4.79 Å². The van der Waals surface area contributed by atoms with Crippen molar-refractivity contribution in [2.45, 2.75) is 19.4 Å². The van der Waals surface area contributed by atoms with Crippen LogP contribution in [0.15, 0.2) is 0 Å². The van der Waals surface area contributed by atoms with Crippen LogP contribution in [-0.2, 0) is 4.79 Å². The van der Waals surface area contributed by atoms with Crippen molar-refractivity contribution in [1.29, 1.82) is 0 Å². The van der Waals surface area contributed by atoms with Gasteiger partial charge >= 0.3 is 0 Å². The van der Waals surface area contributed by atoms with Gasteiger partial charge in [-0.25, -0.2) is 0 Å². The van der Waals surface area contributed by atoms with Crippen molar-refractivity contribution < 1.29 is 4.79 Å². The van der Waals surface area contributed by atoms with E-state index in [1.165, 1.54) is 6.42 Å². The summed E-state index contributed by atoms with van der Waals surface area (Å²) in [7, 11) is 2.10. The number of carbonyl (C=O) groups excluding carboxylic acids is 1. The van der Waals surface area contributed by atoms with Crippen LogP contribution in [0.4, 0.5) is 0 Å². The lowest BCUT2D eigenvalue weighted by Gasteiger charge is -2.32. The van der Waals surface area contributed by atoms with E-state index in [0.29, 0.717) is 12.6 Å². The van der Waals surface area contributed by atoms with E-state index in [2.05, 4.69) is 24.2 Å². The topological polar surface area (TPSA) is 35.6 Å². The lowest BCUT2D eigenvalue weighted by Crippen LogP contribution is -2.49. The Morgan fingerprint density at radius 2 is 1.93 bits per heavy atom. The van der Waals surface area contributed by atoms with Gasteiger partial charge in [-0.3, -0.25) is 4.79 Å². The first kappa shape index (κ1) is 10.9. The van der Waals surface area contributed by atoms with Crippen LogP contribution in [0.1, 0.15) is 13.3 Å². The van der Waals surface area contributed by atoms with Gasteiger partial charge in [0.25, 0.3) is 0 Å². The van der Waals surface area contributed by atoms with Gasteiger partial charge in [-0.2, -0.15) is 0 Å². The largest absolute Gasteiger partial charge is 0.339 e. The van der Waals surface area contributed by atoms with Crippen molar-refractivity contribution in [2.75, 3.05) is 39.8 Å². The summed E-state index contributed by atoms with van der Waals surface area (Å²) in [6.45, 7) is 6.53. The number of likely N-dealkylation sites (N-methyl/N-ethyl adjacent to an activating group) is 1. The average molecular weight is 211 g/mol. The molecule has 2 fully saturated rings. The van der Waals surface area contributed by atoms with Crippen LogP contribution in [0.5, 0.6) is 0 Å². The van der Waals surface area contributed by atoms with Gasteiger partial charge in [-0.1, -0.05) is 6.92 Å². The molecule has 1 saturated carbocycles. The van der Waals surface area contributed by atoms with Crippen LogP contribution in [-0.4, -0.2) is 61.5 Å². The fourth-order valence-corrected chi connectivity index (χ4v) is 1.99. The Labute approximate surface area is 91.6 Å². The van der Waals surface area contributed by atoms with Gasteiger partial charge < -0.3 is 15.1 Å². The third kappa shape index (κ3) is 2.92. The Hall–Kier alpha value is -0.610. The molecule has 4 nitrogen and oxygen atoms in total. The van der Waals surface area contributed by atoms with E-state index in [-0.39, 0.29) is 5.91 Å². The van der Waals surface area contributed by atoms with E-state index >= 15 is 0 Å². The first-order valence-corrected chi connectivity index (χ1v) is 5.86. The van der Waals surface area contributed by atoms with Gasteiger partial charge in [-0.05, 0) is 19.4 Å². The molecular weight excluding hydrogens is 190 g/mol. The molecule has 86 valence electrons. The normalized spacial score (nSPS) is 31.7. The molecule has 1 N–H and O–H groups in total. The second kappa shape index (κ2) is 4.49. The predicted molar refractivity (Wildman–Crippen MR) is 59.6 cm³/mol. The van der Waals surface area contributed by atoms with Crippen LogP contribution >= 0.6 is 0 Å². The summed E-state index contributed by atoms with van der Waals surface area (Å²) in [6.07, 6.45) is 1.23. The van der Waals surface area contributed by atoms with E-state index in [0.717, 1.165) is 32.1 Å². The summed E-state index contributed by atoms with van der Waals surface area (Å²) < 4.78 is 0. The van der Waals surface area contributed by atoms with Crippen LogP contribution in [0, 0.1) is 5.92 Å². The SMILES string of the molecule is CC1CC1NCC(=O)N1CCN(C)CC1. The standard InChI is InChI=1S/C11H21N3O/c1-9-7-10(9)12-8-11(15)14-5-3-13(2)4-6-14/h9-10,12H,3-8H2,1-2H3. The van der Waals surface area contributed by atoms with Gasteiger partial charge in [0, 0.05) is 32.2 Å². The second-order valence-electron chi connectivity index (χ2n) is 4.88. The lowest BCUT2D eigenvalue weighted by molar-refractivity contribution is -0.131. The van der Waals surface area contributed by atoms with Crippen molar-refractivity contribution in [1.82, 2.24) is 15.1 Å². The highest BCUT2D eigenvalue weighted by molar-refractivity contribution is 5.78. The van der Waals surface area contributed by atoms with Crippen LogP contribution < -0.4 is 5.32 Å². The van der Waals surface area contributed by atoms with Crippen LogP contribution in [0.3, 0.4) is 0 Å². The minimum absolute atomic E-state index is 0.266. The lowest BCUT2D eigenvalue weighted by atomic mass is 10.3. The molecule has 0 radical (unpaired) electrons. The van der Waals surface area contributed by atoms with Gasteiger partial charge in [0.05, 0.1) is 6.54 Å². The summed E-state index contributed by atoms with van der Waals surface area (Å²) in [5.41, 5.74) is 0. The van der Waals surface area contributed by atoms with Crippen LogP contribution in [0.2, 0.25) is 0 Å². The smallest absolute Gasteiger partial charge is 0.236 e. The third-order valence-corrected chi connectivity index (χ3v) is 3.48. The van der Waals surface area contributed by atoms with Gasteiger partial charge in [0.2, 0.25) is 5.91 Å². The maximum atomic E-state index is 11.8. The number of amides is 1. The molecule has 1 aliphatic heterocycles. The highest BCUT2D eigenvalue weighted by Crippen LogP contribution is 2.28. The summed E-state index contributed by atoms with van der Waals surface area (Å²) in [5.74, 6) is 1.03. The van der Waals surface area contributed by atoms with Crippen molar-refractivity contribution >= 4 is 5.91 Å². The molecule has 1 amide bonds. The van der Waals surface area contributed by atoms with E-state index < -0.39 is 0 Å². The van der Waals surface area contributed by atoms with Crippen molar-refractivity contribution in [3.05, 3.63) is 0 Å². The Morgan fingerprint density at radius 3 is 2.47 bits per heavy atom. The molecule has 0 aromatic heterocycles. The van der Waals surface area contributed by atoms with E-state index in [4.69, 9.17) is 0 Å². The number of nitrogens with zero attached hydrogens (tertiary/aromatic N) is 2. The van der Waals surface area contributed by atoms with Gasteiger partial charge in [-0.15, -0.1) is 0 Å². The molecule has 15 heavy (non-hydrogen) atoms. The minimum Gasteiger partial charge on any atom is -0.339 e. The van der Waals surface area contributed by atoms with Crippen molar-refractivity contribution in [3.8, 4) is 0 Å². The third-order valence-electron chi connectivity index (χ3n) is 3.48. The molecule has 2 aliphatic rings. The second-order valence-corrected chi connectivity index (χ2v) is 4.88. The first-order chi connectivity index (χ1) is 7.16. The van der Waals surface area contributed by atoms with E-state index in [1.54, 1.807) is 0 Å². The molecule has 2 unspecified atom stereocenters. The summed E-state index contributed by atoms with van der Waals surface area (Å²) in [6, 6.07) is 0.599. The molecule has 0 aromatic carbocycles. The molecule has 0 bridgehead atoms.